The number of anilines is 1. The van der Waals surface area contributed by atoms with Gasteiger partial charge in [0, 0.05) is 37.8 Å². The van der Waals surface area contributed by atoms with Crippen molar-refractivity contribution >= 4 is 17.5 Å². The molecule has 0 aromatic heterocycles. The first-order chi connectivity index (χ1) is 12.3. The molecule has 0 bridgehead atoms. The quantitative estimate of drug-likeness (QED) is 0.904. The Morgan fingerprint density at radius 1 is 1.15 bits per heavy atom. The predicted molar refractivity (Wildman–Crippen MR) is 104 cm³/mol. The fourth-order valence-corrected chi connectivity index (χ4v) is 4.59. The second-order valence-corrected chi connectivity index (χ2v) is 8.17. The summed E-state index contributed by atoms with van der Waals surface area (Å²) in [5.74, 6) is 0.461. The number of benzene rings is 1. The monoisotopic (exact) mass is 357 g/mol. The molecule has 2 atom stereocenters. The molecule has 5 nitrogen and oxygen atoms in total. The molecule has 2 aliphatic rings. The maximum Gasteiger partial charge on any atom is 0.228 e. The van der Waals surface area contributed by atoms with Crippen molar-refractivity contribution in [1.29, 1.82) is 0 Å². The number of amides is 2. The molecule has 2 fully saturated rings. The van der Waals surface area contributed by atoms with Crippen molar-refractivity contribution in [3.8, 4) is 0 Å². The van der Waals surface area contributed by atoms with Gasteiger partial charge in [-0.05, 0) is 57.6 Å². The van der Waals surface area contributed by atoms with Gasteiger partial charge in [0.1, 0.15) is 0 Å². The fourth-order valence-electron chi connectivity index (χ4n) is 4.59. The molecule has 2 saturated heterocycles. The molecule has 2 heterocycles. The lowest BCUT2D eigenvalue weighted by Crippen LogP contribution is -2.45. The lowest BCUT2D eigenvalue weighted by atomic mass is 9.90. The number of carbonyl (C=O) groups excluding carboxylic acids is 2. The zero-order valence-corrected chi connectivity index (χ0v) is 16.4. The molecule has 0 spiro atoms. The first kappa shape index (κ1) is 18.9. The summed E-state index contributed by atoms with van der Waals surface area (Å²) in [6.45, 7) is 10.2. The van der Waals surface area contributed by atoms with Crippen molar-refractivity contribution < 1.29 is 9.59 Å². The lowest BCUT2D eigenvalue weighted by molar-refractivity contribution is -0.137. The van der Waals surface area contributed by atoms with Crippen LogP contribution in [0.25, 0.3) is 0 Å². The minimum Gasteiger partial charge on any atom is -0.342 e. The molecule has 5 heteroatoms. The fraction of sp³-hybridized carbons (Fsp3) is 0.619. The zero-order chi connectivity index (χ0) is 19.0. The van der Waals surface area contributed by atoms with Gasteiger partial charge in [0.15, 0.2) is 0 Å². The number of hydrogen-bond donors (Lipinski definition) is 1. The molecular weight excluding hydrogens is 326 g/mol. The zero-order valence-electron chi connectivity index (χ0n) is 16.4. The van der Waals surface area contributed by atoms with Gasteiger partial charge < -0.3 is 15.5 Å². The van der Waals surface area contributed by atoms with E-state index in [0.29, 0.717) is 18.9 Å². The summed E-state index contributed by atoms with van der Waals surface area (Å²) in [5.41, 5.74) is 10.4. The summed E-state index contributed by atoms with van der Waals surface area (Å²) < 4.78 is 0. The van der Waals surface area contributed by atoms with Crippen LogP contribution in [-0.4, -0.2) is 42.4 Å². The number of likely N-dealkylation sites (tertiary alicyclic amines) is 1. The van der Waals surface area contributed by atoms with Crippen LogP contribution in [0.1, 0.15) is 42.9 Å². The van der Waals surface area contributed by atoms with Gasteiger partial charge in [-0.3, -0.25) is 9.59 Å². The van der Waals surface area contributed by atoms with Crippen LogP contribution in [0.3, 0.4) is 0 Å². The van der Waals surface area contributed by atoms with Crippen LogP contribution in [0.15, 0.2) is 12.1 Å². The Bertz CT molecular complexity index is 682. The average Bonchev–Trinajstić information content (AvgIpc) is 2.95. The number of rotatable bonds is 3. The molecule has 1 aromatic rings. The second kappa shape index (κ2) is 7.39. The highest BCUT2D eigenvalue weighted by Crippen LogP contribution is 2.33. The molecule has 2 aliphatic heterocycles. The first-order valence-corrected chi connectivity index (χ1v) is 9.70. The third-order valence-corrected chi connectivity index (χ3v) is 5.97. The Labute approximate surface area is 156 Å². The summed E-state index contributed by atoms with van der Waals surface area (Å²) in [4.78, 5) is 29.3. The molecule has 0 saturated carbocycles. The Hall–Kier alpha value is -1.88. The van der Waals surface area contributed by atoms with Crippen LogP contribution in [0.4, 0.5) is 5.69 Å². The van der Waals surface area contributed by atoms with E-state index < -0.39 is 0 Å². The number of nitrogens with zero attached hydrogens (tertiary/aromatic N) is 2. The Morgan fingerprint density at radius 2 is 1.73 bits per heavy atom. The molecule has 2 amide bonds. The van der Waals surface area contributed by atoms with E-state index in [0.717, 1.165) is 42.7 Å². The van der Waals surface area contributed by atoms with E-state index in [2.05, 4.69) is 19.1 Å². The number of carbonyl (C=O) groups is 2. The predicted octanol–water partition coefficient (Wildman–Crippen LogP) is 2.55. The molecule has 2 unspecified atom stereocenters. The highest BCUT2D eigenvalue weighted by atomic mass is 16.2. The van der Waals surface area contributed by atoms with E-state index in [1.165, 1.54) is 5.56 Å². The molecule has 0 radical (unpaired) electrons. The van der Waals surface area contributed by atoms with Crippen molar-refractivity contribution in [1.82, 2.24) is 4.90 Å². The average molecular weight is 357 g/mol. The lowest BCUT2D eigenvalue weighted by Gasteiger charge is -2.35. The number of hydrogen-bond acceptors (Lipinski definition) is 3. The van der Waals surface area contributed by atoms with Crippen LogP contribution in [-0.2, 0) is 9.59 Å². The third kappa shape index (κ3) is 3.63. The van der Waals surface area contributed by atoms with Crippen molar-refractivity contribution in [3.05, 3.63) is 28.8 Å². The molecular formula is C21H31N3O2. The number of aryl methyl sites for hydroxylation is 3. The molecule has 1 aromatic carbocycles. The Balaban J connectivity index is 1.69. The van der Waals surface area contributed by atoms with Gasteiger partial charge >= 0.3 is 0 Å². The molecule has 0 aliphatic carbocycles. The minimum absolute atomic E-state index is 0.0591. The topological polar surface area (TPSA) is 66.6 Å². The highest BCUT2D eigenvalue weighted by molar-refractivity contribution is 6.01. The largest absolute Gasteiger partial charge is 0.342 e. The molecule has 2 N–H and O–H groups in total. The van der Waals surface area contributed by atoms with Crippen LogP contribution < -0.4 is 10.6 Å². The van der Waals surface area contributed by atoms with Crippen LogP contribution in [0, 0.1) is 32.6 Å². The van der Waals surface area contributed by atoms with Crippen molar-refractivity contribution in [2.75, 3.05) is 24.5 Å². The highest BCUT2D eigenvalue weighted by Gasteiger charge is 2.39. The number of nitrogens with two attached hydrogens (primary N) is 1. The summed E-state index contributed by atoms with van der Waals surface area (Å²) in [5, 5.41) is 0. The first-order valence-electron chi connectivity index (χ1n) is 9.70. The molecule has 26 heavy (non-hydrogen) atoms. The van der Waals surface area contributed by atoms with Gasteiger partial charge in [0.05, 0.1) is 5.92 Å². The normalized spacial score (nSPS) is 22.8. The summed E-state index contributed by atoms with van der Waals surface area (Å²) in [6.07, 6.45) is 2.24. The van der Waals surface area contributed by atoms with Crippen molar-refractivity contribution in [3.63, 3.8) is 0 Å². The van der Waals surface area contributed by atoms with E-state index >= 15 is 0 Å². The van der Waals surface area contributed by atoms with E-state index in [9.17, 15) is 9.59 Å². The maximum absolute atomic E-state index is 12.9. The van der Waals surface area contributed by atoms with E-state index in [4.69, 9.17) is 5.73 Å². The summed E-state index contributed by atoms with van der Waals surface area (Å²) >= 11 is 0. The van der Waals surface area contributed by atoms with E-state index in [1.54, 1.807) is 0 Å². The van der Waals surface area contributed by atoms with Crippen LogP contribution in [0.5, 0.6) is 0 Å². The van der Waals surface area contributed by atoms with Gasteiger partial charge in [-0.25, -0.2) is 0 Å². The maximum atomic E-state index is 12.9. The van der Waals surface area contributed by atoms with Crippen LogP contribution in [0.2, 0.25) is 0 Å². The summed E-state index contributed by atoms with van der Waals surface area (Å²) in [7, 11) is 0. The van der Waals surface area contributed by atoms with Crippen molar-refractivity contribution in [2.24, 2.45) is 17.6 Å². The summed E-state index contributed by atoms with van der Waals surface area (Å²) in [6, 6.07) is 4.39. The van der Waals surface area contributed by atoms with Gasteiger partial charge in [-0.2, -0.15) is 0 Å². The third-order valence-electron chi connectivity index (χ3n) is 5.97. The van der Waals surface area contributed by atoms with Gasteiger partial charge in [0.2, 0.25) is 11.8 Å². The Kier molecular flexibility index (Phi) is 5.37. The SMILES string of the molecule is Cc1cc(C)c(N2CC(C(=O)N3CCC(C(C)N)CC3)CC2=O)c(C)c1. The van der Waals surface area contributed by atoms with E-state index in [-0.39, 0.29) is 23.8 Å². The second-order valence-electron chi connectivity index (χ2n) is 8.17. The minimum atomic E-state index is -0.227. The Morgan fingerprint density at radius 3 is 2.27 bits per heavy atom. The van der Waals surface area contributed by atoms with Gasteiger partial charge in [0.25, 0.3) is 0 Å². The van der Waals surface area contributed by atoms with Gasteiger partial charge in [-0.15, -0.1) is 0 Å². The van der Waals surface area contributed by atoms with Crippen molar-refractivity contribution in [2.45, 2.75) is 53.0 Å². The van der Waals surface area contributed by atoms with Crippen LogP contribution >= 0.6 is 0 Å². The number of piperidine rings is 1. The van der Waals surface area contributed by atoms with Gasteiger partial charge in [-0.1, -0.05) is 17.7 Å². The molecule has 3 rings (SSSR count). The standard InChI is InChI=1S/C21H31N3O2/c1-13-9-14(2)20(15(3)10-13)24-12-18(11-19(24)25)21(26)23-7-5-17(6-8-23)16(4)22/h9-10,16-18H,5-8,11-12,22H2,1-4H3. The molecule has 142 valence electrons. The van der Waals surface area contributed by atoms with E-state index in [1.807, 2.05) is 30.6 Å². The smallest absolute Gasteiger partial charge is 0.228 e.